The highest BCUT2D eigenvalue weighted by Gasteiger charge is 2.44. The zero-order valence-corrected chi connectivity index (χ0v) is 13.9. The van der Waals surface area contributed by atoms with Gasteiger partial charge in [0.05, 0.1) is 24.8 Å². The number of carboxylic acids is 1. The lowest BCUT2D eigenvalue weighted by atomic mass is 9.84. The molecule has 1 aliphatic heterocycles. The van der Waals surface area contributed by atoms with Crippen LogP contribution in [0.4, 0.5) is 0 Å². The van der Waals surface area contributed by atoms with Gasteiger partial charge in [-0.15, -0.1) is 0 Å². The van der Waals surface area contributed by atoms with Crippen molar-refractivity contribution in [1.82, 2.24) is 10.3 Å². The molecule has 2 heterocycles. The van der Waals surface area contributed by atoms with E-state index in [2.05, 4.69) is 23.3 Å². The lowest BCUT2D eigenvalue weighted by Crippen LogP contribution is -2.42. The summed E-state index contributed by atoms with van der Waals surface area (Å²) in [5.74, 6) is -0.904. The molecule has 6 heteroatoms. The monoisotopic (exact) mass is 330 g/mol. The van der Waals surface area contributed by atoms with Gasteiger partial charge in [0.15, 0.2) is 0 Å². The molecule has 0 saturated heterocycles. The van der Waals surface area contributed by atoms with Crippen LogP contribution in [0.5, 0.6) is 0 Å². The summed E-state index contributed by atoms with van der Waals surface area (Å²) in [4.78, 5) is 25.8. The van der Waals surface area contributed by atoms with Crippen LogP contribution in [0.1, 0.15) is 49.6 Å². The second-order valence-electron chi connectivity index (χ2n) is 6.17. The molecular weight excluding hydrogens is 308 g/mol. The lowest BCUT2D eigenvalue weighted by molar-refractivity contribution is -0.150. The molecule has 1 aliphatic rings. The summed E-state index contributed by atoms with van der Waals surface area (Å²) in [6, 6.07) is 5.77. The number of rotatable bonds is 6. The van der Waals surface area contributed by atoms with Crippen LogP contribution < -0.4 is 5.32 Å². The van der Waals surface area contributed by atoms with Crippen molar-refractivity contribution in [2.75, 3.05) is 6.61 Å². The van der Waals surface area contributed by atoms with Gasteiger partial charge in [-0.05, 0) is 18.4 Å². The standard InChI is InChI=1S/C18H22N2O4/c1-3-11-6-5-7-12-15-13(19-10-21)9-24-18(4-2,8-14(22)23)17(15)20-16(11)12/h5-7,10,13,20H,3-4,8-9H2,1-2H3,(H,19,21)(H,22,23). The Labute approximate surface area is 140 Å². The van der Waals surface area contributed by atoms with Gasteiger partial charge in [0.2, 0.25) is 6.41 Å². The molecule has 0 saturated carbocycles. The number of carbonyl (C=O) groups excluding carboxylic acids is 1. The van der Waals surface area contributed by atoms with Crippen molar-refractivity contribution in [3.05, 3.63) is 35.0 Å². The minimum atomic E-state index is -0.904. The number of benzene rings is 1. The molecule has 0 spiro atoms. The normalized spacial score (nSPS) is 23.0. The van der Waals surface area contributed by atoms with Gasteiger partial charge in [0, 0.05) is 16.5 Å². The molecule has 128 valence electrons. The van der Waals surface area contributed by atoms with Crippen LogP contribution in [0.15, 0.2) is 18.2 Å². The minimum Gasteiger partial charge on any atom is -0.481 e. The first-order valence-corrected chi connectivity index (χ1v) is 8.25. The van der Waals surface area contributed by atoms with Gasteiger partial charge in [0.1, 0.15) is 5.60 Å². The molecule has 3 N–H and O–H groups in total. The topological polar surface area (TPSA) is 91.4 Å². The zero-order chi connectivity index (χ0) is 17.3. The maximum atomic E-state index is 11.4. The third kappa shape index (κ3) is 2.47. The summed E-state index contributed by atoms with van der Waals surface area (Å²) >= 11 is 0. The summed E-state index contributed by atoms with van der Waals surface area (Å²) < 4.78 is 5.99. The molecule has 24 heavy (non-hydrogen) atoms. The van der Waals surface area contributed by atoms with Gasteiger partial charge in [-0.3, -0.25) is 9.59 Å². The largest absolute Gasteiger partial charge is 0.481 e. The number of nitrogens with one attached hydrogen (secondary N) is 2. The second-order valence-corrected chi connectivity index (χ2v) is 6.17. The molecule has 1 amide bonds. The molecule has 3 rings (SSSR count). The van der Waals surface area contributed by atoms with E-state index < -0.39 is 11.6 Å². The number of carbonyl (C=O) groups is 2. The second kappa shape index (κ2) is 6.28. The zero-order valence-electron chi connectivity index (χ0n) is 13.9. The summed E-state index contributed by atoms with van der Waals surface area (Å²) in [6.45, 7) is 4.26. The smallest absolute Gasteiger partial charge is 0.306 e. The number of H-pyrrole nitrogens is 1. The summed E-state index contributed by atoms with van der Waals surface area (Å²) in [5, 5.41) is 13.2. The summed E-state index contributed by atoms with van der Waals surface area (Å²) in [6.07, 6.45) is 1.95. The van der Waals surface area contributed by atoms with Crippen molar-refractivity contribution in [1.29, 1.82) is 0 Å². The van der Waals surface area contributed by atoms with E-state index in [-0.39, 0.29) is 19.1 Å². The fourth-order valence-electron chi connectivity index (χ4n) is 3.71. The van der Waals surface area contributed by atoms with E-state index >= 15 is 0 Å². The first kappa shape index (κ1) is 16.5. The third-order valence-electron chi connectivity index (χ3n) is 4.95. The number of aliphatic carboxylic acids is 1. The van der Waals surface area contributed by atoms with Crippen LogP contribution in [0.3, 0.4) is 0 Å². The van der Waals surface area contributed by atoms with E-state index in [4.69, 9.17) is 4.74 Å². The Bertz CT molecular complexity index is 783. The molecule has 2 unspecified atom stereocenters. The molecule has 1 aromatic carbocycles. The maximum Gasteiger partial charge on any atom is 0.306 e. The van der Waals surface area contributed by atoms with Crippen molar-refractivity contribution in [3.63, 3.8) is 0 Å². The number of aryl methyl sites for hydroxylation is 1. The van der Waals surface area contributed by atoms with Crippen LogP contribution in [0, 0.1) is 0 Å². The summed E-state index contributed by atoms with van der Waals surface area (Å²) in [7, 11) is 0. The average Bonchev–Trinajstić information content (AvgIpc) is 2.97. The van der Waals surface area contributed by atoms with Crippen LogP contribution in [-0.2, 0) is 26.3 Å². The number of para-hydroxylation sites is 1. The molecule has 1 aromatic heterocycles. The molecule has 6 nitrogen and oxygen atoms in total. The van der Waals surface area contributed by atoms with Gasteiger partial charge >= 0.3 is 5.97 Å². The number of aromatic nitrogens is 1. The Morgan fingerprint density at radius 1 is 1.50 bits per heavy atom. The number of hydrogen-bond acceptors (Lipinski definition) is 3. The number of aromatic amines is 1. The Morgan fingerprint density at radius 2 is 2.29 bits per heavy atom. The van der Waals surface area contributed by atoms with Crippen molar-refractivity contribution < 1.29 is 19.4 Å². The highest BCUT2D eigenvalue weighted by molar-refractivity contribution is 5.89. The molecule has 2 atom stereocenters. The van der Waals surface area contributed by atoms with E-state index in [1.54, 1.807) is 0 Å². The van der Waals surface area contributed by atoms with Crippen molar-refractivity contribution in [2.24, 2.45) is 0 Å². The first-order chi connectivity index (χ1) is 11.6. The van der Waals surface area contributed by atoms with Crippen LogP contribution >= 0.6 is 0 Å². The molecule has 0 bridgehead atoms. The van der Waals surface area contributed by atoms with Crippen LogP contribution in [0.2, 0.25) is 0 Å². The molecule has 2 aromatic rings. The highest BCUT2D eigenvalue weighted by atomic mass is 16.5. The van der Waals surface area contributed by atoms with Crippen molar-refractivity contribution in [3.8, 4) is 0 Å². The minimum absolute atomic E-state index is 0.113. The maximum absolute atomic E-state index is 11.4. The Morgan fingerprint density at radius 3 is 2.92 bits per heavy atom. The predicted molar refractivity (Wildman–Crippen MR) is 89.8 cm³/mol. The van der Waals surface area contributed by atoms with E-state index in [1.807, 2.05) is 19.1 Å². The summed E-state index contributed by atoms with van der Waals surface area (Å²) in [5.41, 5.74) is 2.98. The fraction of sp³-hybridized carbons (Fsp3) is 0.444. The Kier molecular flexibility index (Phi) is 4.32. The number of amides is 1. The third-order valence-corrected chi connectivity index (χ3v) is 4.95. The van der Waals surface area contributed by atoms with E-state index in [0.29, 0.717) is 12.8 Å². The first-order valence-electron chi connectivity index (χ1n) is 8.25. The van der Waals surface area contributed by atoms with Gasteiger partial charge in [-0.2, -0.15) is 0 Å². The van der Waals surface area contributed by atoms with Gasteiger partial charge < -0.3 is 20.1 Å². The predicted octanol–water partition coefficient (Wildman–Crippen LogP) is 2.63. The van der Waals surface area contributed by atoms with Crippen molar-refractivity contribution >= 4 is 23.3 Å². The van der Waals surface area contributed by atoms with E-state index in [1.165, 1.54) is 0 Å². The molecule has 0 aliphatic carbocycles. The SMILES string of the molecule is CCc1cccc2c3c([nH]c12)C(CC)(CC(=O)O)OCC3NC=O. The van der Waals surface area contributed by atoms with Crippen LogP contribution in [-0.4, -0.2) is 29.1 Å². The highest BCUT2D eigenvalue weighted by Crippen LogP contribution is 2.45. The number of carboxylic acid groups (broad SMARTS) is 1. The van der Waals surface area contributed by atoms with Gasteiger partial charge in [-0.1, -0.05) is 32.0 Å². The van der Waals surface area contributed by atoms with Gasteiger partial charge in [0.25, 0.3) is 0 Å². The number of ether oxygens (including phenoxy) is 1. The van der Waals surface area contributed by atoms with Gasteiger partial charge in [-0.25, -0.2) is 0 Å². The fourth-order valence-corrected chi connectivity index (χ4v) is 3.71. The van der Waals surface area contributed by atoms with Crippen LogP contribution in [0.25, 0.3) is 10.9 Å². The average molecular weight is 330 g/mol. The molecule has 0 fully saturated rings. The molecular formula is C18H22N2O4. The quantitative estimate of drug-likeness (QED) is 0.710. The lowest BCUT2D eigenvalue weighted by Gasteiger charge is -2.38. The molecule has 0 radical (unpaired) electrons. The number of fused-ring (bicyclic) bond motifs is 3. The Hall–Kier alpha value is -2.34. The Balaban J connectivity index is 2.28. The van der Waals surface area contributed by atoms with Crippen molar-refractivity contribution in [2.45, 2.75) is 44.8 Å². The van der Waals surface area contributed by atoms with E-state index in [9.17, 15) is 14.7 Å². The number of hydrogen-bond donors (Lipinski definition) is 3. The van der Waals surface area contributed by atoms with E-state index in [0.717, 1.165) is 34.1 Å².